The first-order chi connectivity index (χ1) is 13.7. The zero-order chi connectivity index (χ0) is 19.5. The molecular formula is C23H18ClN3O. The fraction of sp³-hybridized carbons (Fsp3) is 0.0435. The molecule has 4 rings (SSSR count). The van der Waals surface area contributed by atoms with Crippen LogP contribution in [0.2, 0.25) is 5.02 Å². The van der Waals surface area contributed by atoms with Crippen LogP contribution in [-0.4, -0.2) is 15.9 Å². The number of benzene rings is 3. The van der Waals surface area contributed by atoms with Crippen molar-refractivity contribution in [3.05, 3.63) is 101 Å². The molecule has 138 valence electrons. The zero-order valence-electron chi connectivity index (χ0n) is 15.2. The Balaban J connectivity index is 1.69. The van der Waals surface area contributed by atoms with Crippen molar-refractivity contribution in [3.8, 4) is 0 Å². The molecule has 0 spiro atoms. The van der Waals surface area contributed by atoms with E-state index in [0.717, 1.165) is 33.3 Å². The number of pyridine rings is 1. The van der Waals surface area contributed by atoms with E-state index >= 15 is 0 Å². The molecule has 3 aromatic carbocycles. The average Bonchev–Trinajstić information content (AvgIpc) is 2.71. The van der Waals surface area contributed by atoms with Gasteiger partial charge in [-0.05, 0) is 30.7 Å². The van der Waals surface area contributed by atoms with Gasteiger partial charge in [0.25, 0.3) is 0 Å². The Labute approximate surface area is 168 Å². The number of rotatable bonds is 4. The van der Waals surface area contributed by atoms with Crippen molar-refractivity contribution in [2.45, 2.75) is 6.92 Å². The number of aryl methyl sites for hydroxylation is 1. The van der Waals surface area contributed by atoms with Gasteiger partial charge in [-0.25, -0.2) is 0 Å². The van der Waals surface area contributed by atoms with Crippen molar-refractivity contribution in [2.75, 3.05) is 5.32 Å². The van der Waals surface area contributed by atoms with Crippen LogP contribution in [0.1, 0.15) is 16.7 Å². The predicted octanol–water partition coefficient (Wildman–Crippen LogP) is 6.17. The van der Waals surface area contributed by atoms with E-state index in [1.54, 1.807) is 6.20 Å². The van der Waals surface area contributed by atoms with Crippen LogP contribution >= 0.6 is 11.6 Å². The number of aromatic nitrogens is 1. The maximum absolute atomic E-state index is 9.61. The highest BCUT2D eigenvalue weighted by Crippen LogP contribution is 2.29. The third-order valence-electron chi connectivity index (χ3n) is 4.67. The van der Waals surface area contributed by atoms with Gasteiger partial charge in [0.2, 0.25) is 0 Å². The fourth-order valence-corrected chi connectivity index (χ4v) is 3.52. The van der Waals surface area contributed by atoms with Crippen LogP contribution in [0.5, 0.6) is 0 Å². The van der Waals surface area contributed by atoms with Crippen LogP contribution in [0.3, 0.4) is 0 Å². The van der Waals surface area contributed by atoms with Gasteiger partial charge in [0.15, 0.2) is 0 Å². The molecule has 0 radical (unpaired) electrons. The molecule has 0 atom stereocenters. The lowest BCUT2D eigenvalue weighted by molar-refractivity contribution is 0.319. The quantitative estimate of drug-likeness (QED) is 0.250. The number of hydrogen-bond donors (Lipinski definition) is 2. The Morgan fingerprint density at radius 2 is 1.75 bits per heavy atom. The maximum Gasteiger partial charge on any atom is 0.118 e. The highest BCUT2D eigenvalue weighted by atomic mass is 35.5. The molecule has 5 heteroatoms. The molecule has 0 aliphatic rings. The number of halogens is 1. The van der Waals surface area contributed by atoms with Gasteiger partial charge in [-0.3, -0.25) is 4.98 Å². The Kier molecular flexibility index (Phi) is 4.96. The molecule has 2 N–H and O–H groups in total. The van der Waals surface area contributed by atoms with E-state index in [1.807, 2.05) is 79.9 Å². The molecule has 0 unspecified atom stereocenters. The first kappa shape index (κ1) is 18.0. The molecule has 0 aliphatic carbocycles. The number of oxime groups is 1. The van der Waals surface area contributed by atoms with Gasteiger partial charge in [0.1, 0.15) is 5.71 Å². The molecule has 0 bridgehead atoms. The summed E-state index contributed by atoms with van der Waals surface area (Å²) in [5.41, 5.74) is 4.69. The SMILES string of the molecule is Cc1ccccc1C(=NO)c1ccc(Nc2cncc3ccccc23)cc1Cl. The van der Waals surface area contributed by atoms with E-state index in [-0.39, 0.29) is 0 Å². The Bertz CT molecular complexity index is 1180. The Morgan fingerprint density at radius 3 is 2.54 bits per heavy atom. The zero-order valence-corrected chi connectivity index (χ0v) is 16.0. The maximum atomic E-state index is 9.61. The number of hydrogen-bond acceptors (Lipinski definition) is 4. The molecule has 4 nitrogen and oxygen atoms in total. The van der Waals surface area contributed by atoms with Gasteiger partial charge in [-0.2, -0.15) is 0 Å². The van der Waals surface area contributed by atoms with Crippen molar-refractivity contribution >= 4 is 39.5 Å². The minimum atomic E-state index is 0.446. The summed E-state index contributed by atoms with van der Waals surface area (Å²) in [4.78, 5) is 4.29. The summed E-state index contributed by atoms with van der Waals surface area (Å²) in [6, 6.07) is 21.4. The first-order valence-corrected chi connectivity index (χ1v) is 9.23. The summed E-state index contributed by atoms with van der Waals surface area (Å²) in [6.07, 6.45) is 3.63. The summed E-state index contributed by atoms with van der Waals surface area (Å²) in [5.74, 6) is 0. The molecule has 0 aliphatic heterocycles. The topological polar surface area (TPSA) is 57.5 Å². The van der Waals surface area contributed by atoms with Gasteiger partial charge < -0.3 is 10.5 Å². The largest absolute Gasteiger partial charge is 0.410 e. The lowest BCUT2D eigenvalue weighted by Gasteiger charge is -2.13. The minimum absolute atomic E-state index is 0.446. The van der Waals surface area contributed by atoms with Crippen LogP contribution in [-0.2, 0) is 0 Å². The van der Waals surface area contributed by atoms with E-state index in [0.29, 0.717) is 16.3 Å². The fourth-order valence-electron chi connectivity index (χ4n) is 3.25. The van der Waals surface area contributed by atoms with Crippen LogP contribution in [0.25, 0.3) is 10.8 Å². The molecule has 28 heavy (non-hydrogen) atoms. The predicted molar refractivity (Wildman–Crippen MR) is 115 cm³/mol. The van der Waals surface area contributed by atoms with Crippen molar-refractivity contribution in [1.82, 2.24) is 4.98 Å². The van der Waals surface area contributed by atoms with E-state index in [2.05, 4.69) is 15.5 Å². The molecule has 0 amide bonds. The van der Waals surface area contributed by atoms with Crippen molar-refractivity contribution in [2.24, 2.45) is 5.16 Å². The second-order valence-electron chi connectivity index (χ2n) is 6.49. The standard InChI is InChI=1S/C23H18ClN3O/c1-15-6-2-4-8-18(15)23(27-28)20-11-10-17(12-21(20)24)26-22-14-25-13-16-7-3-5-9-19(16)22/h2-14,26,28H,1H3. The second kappa shape index (κ2) is 7.71. The summed E-state index contributed by atoms with van der Waals surface area (Å²) in [5, 5.41) is 19.1. The van der Waals surface area contributed by atoms with Crippen LogP contribution in [0.15, 0.2) is 84.3 Å². The van der Waals surface area contributed by atoms with E-state index in [9.17, 15) is 5.21 Å². The van der Waals surface area contributed by atoms with Crippen LogP contribution in [0.4, 0.5) is 11.4 Å². The lowest BCUT2D eigenvalue weighted by Crippen LogP contribution is -2.06. The van der Waals surface area contributed by atoms with Crippen LogP contribution in [0, 0.1) is 6.92 Å². The van der Waals surface area contributed by atoms with Crippen molar-refractivity contribution in [1.29, 1.82) is 0 Å². The van der Waals surface area contributed by atoms with Crippen molar-refractivity contribution < 1.29 is 5.21 Å². The highest BCUT2D eigenvalue weighted by Gasteiger charge is 2.14. The minimum Gasteiger partial charge on any atom is -0.410 e. The third-order valence-corrected chi connectivity index (χ3v) is 4.98. The van der Waals surface area contributed by atoms with Gasteiger partial charge in [-0.1, -0.05) is 65.3 Å². The number of fused-ring (bicyclic) bond motifs is 1. The number of nitrogens with zero attached hydrogens (tertiary/aromatic N) is 2. The molecule has 0 fully saturated rings. The first-order valence-electron chi connectivity index (χ1n) is 8.85. The number of anilines is 2. The highest BCUT2D eigenvalue weighted by molar-refractivity contribution is 6.35. The van der Waals surface area contributed by atoms with E-state index in [1.165, 1.54) is 0 Å². The molecule has 1 aromatic heterocycles. The van der Waals surface area contributed by atoms with Gasteiger partial charge in [0.05, 0.1) is 16.9 Å². The summed E-state index contributed by atoms with van der Waals surface area (Å²) < 4.78 is 0. The van der Waals surface area contributed by atoms with Gasteiger partial charge >= 0.3 is 0 Å². The summed E-state index contributed by atoms with van der Waals surface area (Å²) in [7, 11) is 0. The Hall–Kier alpha value is -3.37. The monoisotopic (exact) mass is 387 g/mol. The third kappa shape index (κ3) is 3.42. The molecule has 1 heterocycles. The number of nitrogens with one attached hydrogen (secondary N) is 1. The molecular weight excluding hydrogens is 370 g/mol. The van der Waals surface area contributed by atoms with Crippen molar-refractivity contribution in [3.63, 3.8) is 0 Å². The van der Waals surface area contributed by atoms with E-state index < -0.39 is 0 Å². The summed E-state index contributed by atoms with van der Waals surface area (Å²) in [6.45, 7) is 1.97. The molecule has 0 saturated carbocycles. The van der Waals surface area contributed by atoms with Gasteiger partial charge in [-0.15, -0.1) is 0 Å². The lowest BCUT2D eigenvalue weighted by atomic mass is 9.98. The second-order valence-corrected chi connectivity index (χ2v) is 6.90. The normalized spacial score (nSPS) is 11.6. The molecule has 0 saturated heterocycles. The van der Waals surface area contributed by atoms with E-state index in [4.69, 9.17) is 11.6 Å². The van der Waals surface area contributed by atoms with Gasteiger partial charge in [0, 0.05) is 33.8 Å². The molecule has 4 aromatic rings. The Morgan fingerprint density at radius 1 is 0.964 bits per heavy atom. The average molecular weight is 388 g/mol. The smallest absolute Gasteiger partial charge is 0.118 e. The summed E-state index contributed by atoms with van der Waals surface area (Å²) >= 11 is 6.54. The van der Waals surface area contributed by atoms with Crippen LogP contribution < -0.4 is 5.32 Å².